The number of carbonyl (C=O) groups excluding carboxylic acids is 1. The number of hydrogen-bond acceptors (Lipinski definition) is 5. The van der Waals surface area contributed by atoms with Crippen molar-refractivity contribution in [1.82, 2.24) is 9.80 Å². The number of nitrogens with zero attached hydrogens (tertiary/aromatic N) is 2. The molecule has 1 fully saturated rings. The summed E-state index contributed by atoms with van der Waals surface area (Å²) in [6.07, 6.45) is 0. The van der Waals surface area contributed by atoms with Crippen molar-refractivity contribution in [1.29, 1.82) is 0 Å². The maximum Gasteiger partial charge on any atom is 0.240 e. The first kappa shape index (κ1) is 23.3. The maximum atomic E-state index is 13.3. The van der Waals surface area contributed by atoms with Crippen LogP contribution in [0.1, 0.15) is 5.56 Å². The molecule has 0 atom stereocenters. The monoisotopic (exact) mass is 487 g/mol. The summed E-state index contributed by atoms with van der Waals surface area (Å²) in [6, 6.07) is 24.4. The van der Waals surface area contributed by atoms with Crippen LogP contribution in [0.4, 0.5) is 5.88 Å². The van der Waals surface area contributed by atoms with Crippen molar-refractivity contribution in [2.24, 2.45) is 0 Å². The third-order valence-corrected chi connectivity index (χ3v) is 6.52. The summed E-state index contributed by atoms with van der Waals surface area (Å²) in [5.41, 5.74) is 2.49. The van der Waals surface area contributed by atoms with Crippen molar-refractivity contribution >= 4 is 34.4 Å². The molecule has 178 valence electrons. The van der Waals surface area contributed by atoms with Crippen LogP contribution in [0.2, 0.25) is 5.02 Å². The normalized spacial score (nSPS) is 14.8. The lowest BCUT2D eigenvalue weighted by atomic mass is 10.0. The van der Waals surface area contributed by atoms with Crippen LogP contribution in [-0.4, -0.2) is 48.4 Å². The van der Waals surface area contributed by atoms with Crippen molar-refractivity contribution < 1.29 is 9.21 Å². The van der Waals surface area contributed by atoms with E-state index in [2.05, 4.69) is 39.4 Å². The van der Waals surface area contributed by atoms with Crippen molar-refractivity contribution in [3.63, 3.8) is 0 Å². The molecule has 0 spiro atoms. The van der Waals surface area contributed by atoms with E-state index < -0.39 is 0 Å². The molecule has 1 N–H and O–H groups in total. The number of para-hydroxylation sites is 1. The average Bonchev–Trinajstić information content (AvgIpc) is 2.87. The van der Waals surface area contributed by atoms with Gasteiger partial charge in [-0.2, -0.15) is 0 Å². The van der Waals surface area contributed by atoms with Gasteiger partial charge in [-0.05, 0) is 35.4 Å². The first-order valence-corrected chi connectivity index (χ1v) is 12.0. The predicted molar refractivity (Wildman–Crippen MR) is 140 cm³/mol. The SMILES string of the molecule is O=C(CN1CCN(Cc2ccccc2)CC1)Nc1oc2ccccc2c(=O)c1-c1ccc(Cl)cc1. The lowest BCUT2D eigenvalue weighted by Crippen LogP contribution is -2.48. The molecule has 1 aliphatic rings. The van der Waals surface area contributed by atoms with E-state index in [0.717, 1.165) is 32.7 Å². The highest BCUT2D eigenvalue weighted by atomic mass is 35.5. The van der Waals surface area contributed by atoms with Crippen molar-refractivity contribution in [3.8, 4) is 11.1 Å². The molecule has 5 rings (SSSR count). The second-order valence-electron chi connectivity index (χ2n) is 8.72. The standard InChI is InChI=1S/C28H26ClN3O3/c29-22-12-10-21(11-13-22)26-27(34)23-8-4-5-9-24(23)35-28(26)30-25(33)19-32-16-14-31(15-17-32)18-20-6-2-1-3-7-20/h1-13H,14-19H2,(H,30,33). The third-order valence-electron chi connectivity index (χ3n) is 6.26. The van der Waals surface area contributed by atoms with Crippen LogP contribution >= 0.6 is 11.6 Å². The number of halogens is 1. The van der Waals surface area contributed by atoms with Crippen molar-refractivity contribution in [3.05, 3.63) is 99.7 Å². The van der Waals surface area contributed by atoms with Crippen LogP contribution in [0.15, 0.2) is 88.1 Å². The average molecular weight is 488 g/mol. The number of amides is 1. The topological polar surface area (TPSA) is 65.8 Å². The van der Waals surface area contributed by atoms with E-state index in [1.165, 1.54) is 5.56 Å². The molecule has 2 heterocycles. The number of hydrogen-bond donors (Lipinski definition) is 1. The largest absolute Gasteiger partial charge is 0.439 e. The smallest absolute Gasteiger partial charge is 0.240 e. The summed E-state index contributed by atoms with van der Waals surface area (Å²) in [6.45, 7) is 4.52. The summed E-state index contributed by atoms with van der Waals surface area (Å²) in [5.74, 6) is -0.0566. The number of anilines is 1. The van der Waals surface area contributed by atoms with Gasteiger partial charge in [0, 0.05) is 37.7 Å². The fourth-order valence-corrected chi connectivity index (χ4v) is 4.55. The molecular formula is C28H26ClN3O3. The fourth-order valence-electron chi connectivity index (χ4n) is 4.43. The van der Waals surface area contributed by atoms with E-state index in [0.29, 0.717) is 27.1 Å². The Bertz CT molecular complexity index is 1380. The van der Waals surface area contributed by atoms with Crippen molar-refractivity contribution in [2.75, 3.05) is 38.0 Å². The van der Waals surface area contributed by atoms with Gasteiger partial charge >= 0.3 is 0 Å². The number of benzene rings is 3. The minimum Gasteiger partial charge on any atom is -0.439 e. The van der Waals surface area contributed by atoms with Crippen LogP contribution in [0.5, 0.6) is 0 Å². The van der Waals surface area contributed by atoms with Gasteiger partial charge in [0.2, 0.25) is 17.2 Å². The first-order chi connectivity index (χ1) is 17.1. The molecule has 1 saturated heterocycles. The molecule has 6 nitrogen and oxygen atoms in total. The molecule has 4 aromatic rings. The maximum absolute atomic E-state index is 13.3. The number of carbonyl (C=O) groups is 1. The van der Waals surface area contributed by atoms with Gasteiger partial charge in [-0.15, -0.1) is 0 Å². The summed E-state index contributed by atoms with van der Waals surface area (Å²) in [4.78, 5) is 30.8. The molecule has 1 aromatic heterocycles. The number of nitrogens with one attached hydrogen (secondary N) is 1. The Labute approximate surface area is 208 Å². The molecular weight excluding hydrogens is 462 g/mol. The molecule has 35 heavy (non-hydrogen) atoms. The Hall–Kier alpha value is -3.45. The minimum atomic E-state index is -0.213. The molecule has 0 aliphatic carbocycles. The first-order valence-electron chi connectivity index (χ1n) is 11.7. The van der Waals surface area contributed by atoms with Gasteiger partial charge in [-0.25, -0.2) is 0 Å². The Balaban J connectivity index is 1.30. The van der Waals surface area contributed by atoms with E-state index in [9.17, 15) is 9.59 Å². The van der Waals surface area contributed by atoms with Gasteiger partial charge in [0.25, 0.3) is 0 Å². The number of fused-ring (bicyclic) bond motifs is 1. The van der Waals surface area contributed by atoms with E-state index in [4.69, 9.17) is 16.0 Å². The summed E-state index contributed by atoms with van der Waals surface area (Å²) in [5, 5.41) is 3.89. The van der Waals surface area contributed by atoms with Crippen LogP contribution in [0.25, 0.3) is 22.1 Å². The summed E-state index contributed by atoms with van der Waals surface area (Å²) < 4.78 is 6.01. The second-order valence-corrected chi connectivity index (χ2v) is 9.16. The Morgan fingerprint density at radius 2 is 1.51 bits per heavy atom. The quantitative estimate of drug-likeness (QED) is 0.420. The Morgan fingerprint density at radius 1 is 0.857 bits per heavy atom. The predicted octanol–water partition coefficient (Wildman–Crippen LogP) is 4.87. The molecule has 0 radical (unpaired) electrons. The number of rotatable bonds is 6. The van der Waals surface area contributed by atoms with Gasteiger partial charge in [-0.1, -0.05) is 66.2 Å². The lowest BCUT2D eigenvalue weighted by molar-refractivity contribution is -0.117. The minimum absolute atomic E-state index is 0.156. The van der Waals surface area contributed by atoms with E-state index >= 15 is 0 Å². The molecule has 0 saturated carbocycles. The molecule has 1 amide bonds. The highest BCUT2D eigenvalue weighted by Gasteiger charge is 2.22. The van der Waals surface area contributed by atoms with Crippen LogP contribution in [0, 0.1) is 0 Å². The highest BCUT2D eigenvalue weighted by Crippen LogP contribution is 2.29. The molecule has 3 aromatic carbocycles. The Kier molecular flexibility index (Phi) is 6.95. The number of piperazine rings is 1. The van der Waals surface area contributed by atoms with E-state index in [-0.39, 0.29) is 23.8 Å². The molecule has 7 heteroatoms. The van der Waals surface area contributed by atoms with E-state index in [1.807, 2.05) is 6.07 Å². The van der Waals surface area contributed by atoms with Crippen LogP contribution < -0.4 is 10.7 Å². The van der Waals surface area contributed by atoms with Gasteiger partial charge in [0.15, 0.2) is 0 Å². The third kappa shape index (κ3) is 5.46. The molecule has 1 aliphatic heterocycles. The zero-order chi connectivity index (χ0) is 24.2. The second kappa shape index (κ2) is 10.4. The zero-order valence-corrected chi connectivity index (χ0v) is 20.0. The zero-order valence-electron chi connectivity index (χ0n) is 19.2. The van der Waals surface area contributed by atoms with Gasteiger partial charge in [-0.3, -0.25) is 24.7 Å². The lowest BCUT2D eigenvalue weighted by Gasteiger charge is -2.34. The van der Waals surface area contributed by atoms with Gasteiger partial charge < -0.3 is 4.42 Å². The van der Waals surface area contributed by atoms with Crippen LogP contribution in [-0.2, 0) is 11.3 Å². The Morgan fingerprint density at radius 3 is 2.26 bits per heavy atom. The molecule has 0 unspecified atom stereocenters. The van der Waals surface area contributed by atoms with Gasteiger partial charge in [0.05, 0.1) is 17.5 Å². The summed E-state index contributed by atoms with van der Waals surface area (Å²) in [7, 11) is 0. The van der Waals surface area contributed by atoms with Gasteiger partial charge in [0.1, 0.15) is 5.58 Å². The van der Waals surface area contributed by atoms with E-state index in [1.54, 1.807) is 48.5 Å². The molecule has 0 bridgehead atoms. The van der Waals surface area contributed by atoms with Crippen molar-refractivity contribution in [2.45, 2.75) is 6.54 Å². The fraction of sp³-hybridized carbons (Fsp3) is 0.214. The van der Waals surface area contributed by atoms with Crippen LogP contribution in [0.3, 0.4) is 0 Å². The summed E-state index contributed by atoms with van der Waals surface area (Å²) >= 11 is 6.04. The highest BCUT2D eigenvalue weighted by molar-refractivity contribution is 6.30.